The average Bonchev–Trinajstić information content (AvgIpc) is 2.80. The number of carboxylic acids is 1. The number of esters is 1. The summed E-state index contributed by atoms with van der Waals surface area (Å²) in [5, 5.41) is 11.2. The molecule has 1 rings (SSSR count). The lowest BCUT2D eigenvalue weighted by molar-refractivity contribution is -0.142. The van der Waals surface area contributed by atoms with Gasteiger partial charge in [-0.25, -0.2) is 4.79 Å². The first-order valence-corrected chi connectivity index (χ1v) is 6.09. The van der Waals surface area contributed by atoms with Crippen molar-refractivity contribution in [2.75, 3.05) is 7.11 Å². The lowest BCUT2D eigenvalue weighted by Gasteiger charge is -2.12. The molecular weight excluding hydrogens is 322 g/mol. The molecule has 0 spiro atoms. The van der Waals surface area contributed by atoms with Gasteiger partial charge in [-0.2, -0.15) is 0 Å². The predicted molar refractivity (Wildman–Crippen MR) is 66.5 cm³/mol. The number of methoxy groups -OCH3 is 1. The van der Waals surface area contributed by atoms with Gasteiger partial charge in [-0.05, 0) is 34.5 Å². The molecule has 19 heavy (non-hydrogen) atoms. The highest BCUT2D eigenvalue weighted by Gasteiger charge is 2.23. The number of aliphatic carboxylic acids is 1. The van der Waals surface area contributed by atoms with Gasteiger partial charge in [0.15, 0.2) is 10.4 Å². The van der Waals surface area contributed by atoms with Crippen LogP contribution in [0.2, 0.25) is 0 Å². The maximum Gasteiger partial charge on any atom is 0.326 e. The van der Waals surface area contributed by atoms with E-state index in [1.807, 2.05) is 0 Å². The molecule has 0 bridgehead atoms. The van der Waals surface area contributed by atoms with Gasteiger partial charge in [-0.3, -0.25) is 9.59 Å². The first-order chi connectivity index (χ1) is 8.93. The molecule has 0 aliphatic carbocycles. The summed E-state index contributed by atoms with van der Waals surface area (Å²) in [5.74, 6) is -2.46. The van der Waals surface area contributed by atoms with Crippen LogP contribution in [0.1, 0.15) is 23.4 Å². The Morgan fingerprint density at radius 3 is 2.63 bits per heavy atom. The number of nitrogens with one attached hydrogen (secondary N) is 1. The first kappa shape index (κ1) is 15.2. The Kier molecular flexibility index (Phi) is 5.56. The minimum absolute atomic E-state index is 0.0174. The van der Waals surface area contributed by atoms with Crippen molar-refractivity contribution in [3.05, 3.63) is 22.6 Å². The van der Waals surface area contributed by atoms with Gasteiger partial charge in [0, 0.05) is 6.42 Å². The van der Waals surface area contributed by atoms with Crippen LogP contribution in [-0.4, -0.2) is 36.1 Å². The van der Waals surface area contributed by atoms with E-state index in [0.717, 1.165) is 0 Å². The van der Waals surface area contributed by atoms with Gasteiger partial charge >= 0.3 is 11.9 Å². The van der Waals surface area contributed by atoms with E-state index in [-0.39, 0.29) is 18.6 Å². The molecule has 0 saturated carbocycles. The van der Waals surface area contributed by atoms with E-state index in [9.17, 15) is 14.4 Å². The number of halogens is 1. The van der Waals surface area contributed by atoms with E-state index in [4.69, 9.17) is 9.52 Å². The van der Waals surface area contributed by atoms with Gasteiger partial charge in [0.05, 0.1) is 7.11 Å². The maximum absolute atomic E-state index is 11.7. The third-order valence-corrected chi connectivity index (χ3v) is 2.69. The summed E-state index contributed by atoms with van der Waals surface area (Å²) in [6, 6.07) is 1.73. The fourth-order valence-corrected chi connectivity index (χ4v) is 1.59. The van der Waals surface area contributed by atoms with Crippen LogP contribution in [0.15, 0.2) is 21.2 Å². The Hall–Kier alpha value is -1.83. The van der Waals surface area contributed by atoms with E-state index in [0.29, 0.717) is 4.67 Å². The van der Waals surface area contributed by atoms with Gasteiger partial charge in [-0.1, -0.05) is 0 Å². The molecule has 1 amide bonds. The zero-order chi connectivity index (χ0) is 14.4. The third kappa shape index (κ3) is 4.74. The zero-order valence-corrected chi connectivity index (χ0v) is 11.6. The molecule has 0 unspecified atom stereocenters. The van der Waals surface area contributed by atoms with Crippen LogP contribution in [0, 0.1) is 0 Å². The van der Waals surface area contributed by atoms with Crippen molar-refractivity contribution in [2.24, 2.45) is 0 Å². The van der Waals surface area contributed by atoms with E-state index < -0.39 is 23.9 Å². The molecule has 1 aromatic heterocycles. The van der Waals surface area contributed by atoms with Gasteiger partial charge in [0.2, 0.25) is 0 Å². The third-order valence-electron chi connectivity index (χ3n) is 2.27. The summed E-state index contributed by atoms with van der Waals surface area (Å²) in [5.41, 5.74) is 0. The van der Waals surface area contributed by atoms with Crippen molar-refractivity contribution in [1.82, 2.24) is 5.32 Å². The van der Waals surface area contributed by atoms with Crippen molar-refractivity contribution in [1.29, 1.82) is 0 Å². The lowest BCUT2D eigenvalue weighted by Crippen LogP contribution is -2.41. The number of hydrogen-bond acceptors (Lipinski definition) is 5. The number of ether oxygens (including phenoxy) is 1. The standard InChI is InChI=1S/C11H12BrNO6/c1-18-9(14)5-2-6(11(16)17)13-10(15)7-3-4-8(12)19-7/h3-4,6H,2,5H2,1H3,(H,13,15)(H,16,17)/t6-/m1/s1. The number of carbonyl (C=O) groups is 3. The molecule has 0 aliphatic heterocycles. The topological polar surface area (TPSA) is 106 Å². The molecule has 0 radical (unpaired) electrons. The van der Waals surface area contributed by atoms with Crippen molar-refractivity contribution in [2.45, 2.75) is 18.9 Å². The fourth-order valence-electron chi connectivity index (χ4n) is 1.29. The number of hydrogen-bond donors (Lipinski definition) is 2. The highest BCUT2D eigenvalue weighted by Crippen LogP contribution is 2.14. The van der Waals surface area contributed by atoms with Crippen LogP contribution in [-0.2, 0) is 14.3 Å². The second-order valence-electron chi connectivity index (χ2n) is 3.58. The molecule has 0 saturated heterocycles. The number of amides is 1. The molecule has 7 nitrogen and oxygen atoms in total. The van der Waals surface area contributed by atoms with Crippen LogP contribution in [0.3, 0.4) is 0 Å². The molecule has 1 heterocycles. The molecule has 0 aliphatic rings. The number of carbonyl (C=O) groups excluding carboxylic acids is 2. The predicted octanol–water partition coefficient (Wildman–Crippen LogP) is 1.18. The lowest BCUT2D eigenvalue weighted by atomic mass is 10.1. The first-order valence-electron chi connectivity index (χ1n) is 5.30. The number of rotatable bonds is 6. The monoisotopic (exact) mass is 333 g/mol. The maximum atomic E-state index is 11.7. The quantitative estimate of drug-likeness (QED) is 0.757. The van der Waals surface area contributed by atoms with Crippen molar-refractivity contribution >= 4 is 33.8 Å². The fraction of sp³-hybridized carbons (Fsp3) is 0.364. The van der Waals surface area contributed by atoms with Gasteiger partial charge in [0.25, 0.3) is 5.91 Å². The van der Waals surface area contributed by atoms with Gasteiger partial charge in [-0.15, -0.1) is 0 Å². The molecule has 0 fully saturated rings. The van der Waals surface area contributed by atoms with E-state index in [1.165, 1.54) is 19.2 Å². The zero-order valence-electron chi connectivity index (χ0n) is 10.0. The van der Waals surface area contributed by atoms with E-state index >= 15 is 0 Å². The summed E-state index contributed by atoms with van der Waals surface area (Å²) in [6.07, 6.45) is -0.161. The van der Waals surface area contributed by atoms with Crippen LogP contribution in [0.5, 0.6) is 0 Å². The Morgan fingerprint density at radius 1 is 1.47 bits per heavy atom. The summed E-state index contributed by atoms with van der Waals surface area (Å²) in [4.78, 5) is 33.6. The normalized spacial score (nSPS) is 11.7. The van der Waals surface area contributed by atoms with Crippen molar-refractivity contribution < 1.29 is 28.6 Å². The Bertz CT molecular complexity index is 483. The summed E-state index contributed by atoms with van der Waals surface area (Å²) in [7, 11) is 1.21. The summed E-state index contributed by atoms with van der Waals surface area (Å²) in [6.45, 7) is 0. The van der Waals surface area contributed by atoms with Crippen LogP contribution in [0.25, 0.3) is 0 Å². The summed E-state index contributed by atoms with van der Waals surface area (Å²) < 4.78 is 9.76. The SMILES string of the molecule is COC(=O)CC[C@@H](NC(=O)c1ccc(Br)o1)C(=O)O. The second-order valence-corrected chi connectivity index (χ2v) is 4.36. The van der Waals surface area contributed by atoms with Crippen LogP contribution < -0.4 is 5.32 Å². The molecule has 104 valence electrons. The second kappa shape index (κ2) is 6.93. The Morgan fingerprint density at radius 2 is 2.16 bits per heavy atom. The largest absolute Gasteiger partial charge is 0.480 e. The van der Waals surface area contributed by atoms with Gasteiger partial charge in [0.1, 0.15) is 6.04 Å². The van der Waals surface area contributed by atoms with E-state index in [2.05, 4.69) is 26.0 Å². The number of furan rings is 1. The van der Waals surface area contributed by atoms with E-state index in [1.54, 1.807) is 0 Å². The molecule has 0 aromatic carbocycles. The van der Waals surface area contributed by atoms with Crippen molar-refractivity contribution in [3.63, 3.8) is 0 Å². The molecule has 8 heteroatoms. The Balaban J connectivity index is 2.61. The Labute approximate surface area is 117 Å². The highest BCUT2D eigenvalue weighted by molar-refractivity contribution is 9.10. The minimum Gasteiger partial charge on any atom is -0.480 e. The van der Waals surface area contributed by atoms with Crippen LogP contribution >= 0.6 is 15.9 Å². The summed E-state index contributed by atoms with van der Waals surface area (Å²) >= 11 is 3.03. The molecular formula is C11H12BrNO6. The molecule has 2 N–H and O–H groups in total. The average molecular weight is 334 g/mol. The van der Waals surface area contributed by atoms with Crippen LogP contribution in [0.4, 0.5) is 0 Å². The smallest absolute Gasteiger partial charge is 0.326 e. The van der Waals surface area contributed by atoms with Crippen molar-refractivity contribution in [3.8, 4) is 0 Å². The highest BCUT2D eigenvalue weighted by atomic mass is 79.9. The molecule has 1 atom stereocenters. The minimum atomic E-state index is -1.23. The van der Waals surface area contributed by atoms with Gasteiger partial charge < -0.3 is 19.6 Å². The molecule has 1 aromatic rings. The number of carboxylic acid groups (broad SMARTS) is 1.